The Labute approximate surface area is 108 Å². The highest BCUT2D eigenvalue weighted by molar-refractivity contribution is 5.82. The van der Waals surface area contributed by atoms with Crippen molar-refractivity contribution >= 4 is 5.91 Å². The van der Waals surface area contributed by atoms with E-state index in [0.717, 1.165) is 19.5 Å². The lowest BCUT2D eigenvalue weighted by atomic mass is 9.99. The zero-order chi connectivity index (χ0) is 13.0. The molecular formula is C15H20N2O. The third-order valence-corrected chi connectivity index (χ3v) is 3.51. The van der Waals surface area contributed by atoms with Gasteiger partial charge in [-0.2, -0.15) is 0 Å². The average molecular weight is 244 g/mol. The van der Waals surface area contributed by atoms with Crippen LogP contribution in [0.2, 0.25) is 0 Å². The van der Waals surface area contributed by atoms with Crippen molar-refractivity contribution in [2.24, 2.45) is 5.73 Å². The van der Waals surface area contributed by atoms with Gasteiger partial charge in [-0.25, -0.2) is 0 Å². The minimum Gasteiger partial charge on any atom is -0.341 e. The van der Waals surface area contributed by atoms with Crippen LogP contribution in [0.4, 0.5) is 0 Å². The molecule has 1 aliphatic rings. The van der Waals surface area contributed by atoms with E-state index in [4.69, 9.17) is 5.73 Å². The minimum absolute atomic E-state index is 0.0494. The highest BCUT2D eigenvalue weighted by Gasteiger charge is 2.29. The summed E-state index contributed by atoms with van der Waals surface area (Å²) >= 11 is 0. The van der Waals surface area contributed by atoms with Gasteiger partial charge < -0.3 is 10.6 Å². The third-order valence-electron chi connectivity index (χ3n) is 3.51. The maximum Gasteiger partial charge on any atom is 0.239 e. The molecule has 3 nitrogen and oxygen atoms in total. The molecule has 0 aromatic heterocycles. The second kappa shape index (κ2) is 5.83. The maximum atomic E-state index is 12.1. The van der Waals surface area contributed by atoms with Crippen molar-refractivity contribution in [3.8, 4) is 0 Å². The summed E-state index contributed by atoms with van der Waals surface area (Å²) < 4.78 is 0. The van der Waals surface area contributed by atoms with Crippen LogP contribution in [0.25, 0.3) is 0 Å². The van der Waals surface area contributed by atoms with E-state index in [1.807, 2.05) is 23.1 Å². The number of carbonyl (C=O) groups excluding carboxylic acids is 1. The van der Waals surface area contributed by atoms with Gasteiger partial charge in [0.25, 0.3) is 0 Å². The Morgan fingerprint density at radius 3 is 2.89 bits per heavy atom. The topological polar surface area (TPSA) is 46.3 Å². The predicted octanol–water partition coefficient (Wildman–Crippen LogP) is 1.91. The quantitative estimate of drug-likeness (QED) is 0.822. The molecule has 1 aromatic rings. The van der Waals surface area contributed by atoms with Crippen molar-refractivity contribution in [1.82, 2.24) is 4.90 Å². The molecule has 0 aliphatic carbocycles. The van der Waals surface area contributed by atoms with Gasteiger partial charge in [0.1, 0.15) is 0 Å². The number of benzene rings is 1. The molecule has 2 atom stereocenters. The van der Waals surface area contributed by atoms with E-state index in [9.17, 15) is 4.79 Å². The van der Waals surface area contributed by atoms with Gasteiger partial charge in [0.15, 0.2) is 0 Å². The van der Waals surface area contributed by atoms with Crippen LogP contribution in [0, 0.1) is 0 Å². The van der Waals surface area contributed by atoms with Crippen molar-refractivity contribution in [2.75, 3.05) is 13.1 Å². The smallest absolute Gasteiger partial charge is 0.239 e. The predicted molar refractivity (Wildman–Crippen MR) is 73.2 cm³/mol. The van der Waals surface area contributed by atoms with Crippen LogP contribution in [0.15, 0.2) is 43.0 Å². The molecule has 0 radical (unpaired) electrons. The molecule has 1 heterocycles. The van der Waals surface area contributed by atoms with Crippen LogP contribution in [-0.2, 0) is 4.79 Å². The zero-order valence-corrected chi connectivity index (χ0v) is 10.6. The monoisotopic (exact) mass is 244 g/mol. The largest absolute Gasteiger partial charge is 0.341 e. The van der Waals surface area contributed by atoms with Crippen molar-refractivity contribution < 1.29 is 4.79 Å². The molecule has 1 amide bonds. The van der Waals surface area contributed by atoms with Crippen molar-refractivity contribution in [3.05, 3.63) is 48.6 Å². The van der Waals surface area contributed by atoms with Crippen LogP contribution >= 0.6 is 0 Å². The molecule has 2 unspecified atom stereocenters. The van der Waals surface area contributed by atoms with Crippen LogP contribution in [0.5, 0.6) is 0 Å². The van der Waals surface area contributed by atoms with E-state index in [0.29, 0.717) is 12.3 Å². The van der Waals surface area contributed by atoms with Gasteiger partial charge in [0.05, 0.1) is 6.04 Å². The molecule has 2 rings (SSSR count). The van der Waals surface area contributed by atoms with Crippen molar-refractivity contribution in [3.63, 3.8) is 0 Å². The molecule has 1 fully saturated rings. The van der Waals surface area contributed by atoms with Gasteiger partial charge in [-0.05, 0) is 18.4 Å². The Balaban J connectivity index is 1.96. The Morgan fingerprint density at radius 2 is 2.22 bits per heavy atom. The van der Waals surface area contributed by atoms with E-state index in [1.54, 1.807) is 6.08 Å². The second-order valence-electron chi connectivity index (χ2n) is 4.81. The lowest BCUT2D eigenvalue weighted by Gasteiger charge is -2.20. The van der Waals surface area contributed by atoms with Crippen LogP contribution in [-0.4, -0.2) is 29.9 Å². The van der Waals surface area contributed by atoms with Gasteiger partial charge in [0, 0.05) is 19.0 Å². The number of carbonyl (C=O) groups is 1. The van der Waals surface area contributed by atoms with E-state index in [1.165, 1.54) is 5.56 Å². The first-order valence-corrected chi connectivity index (χ1v) is 6.42. The van der Waals surface area contributed by atoms with Gasteiger partial charge in [-0.15, -0.1) is 6.58 Å². The van der Waals surface area contributed by atoms with Gasteiger partial charge in [-0.1, -0.05) is 36.4 Å². The fraction of sp³-hybridized carbons (Fsp3) is 0.400. The van der Waals surface area contributed by atoms with Gasteiger partial charge in [-0.3, -0.25) is 4.79 Å². The minimum atomic E-state index is -0.433. The number of amides is 1. The summed E-state index contributed by atoms with van der Waals surface area (Å²) in [5, 5.41) is 0. The molecule has 18 heavy (non-hydrogen) atoms. The molecule has 1 aliphatic heterocycles. The highest BCUT2D eigenvalue weighted by atomic mass is 16.2. The summed E-state index contributed by atoms with van der Waals surface area (Å²) in [6.07, 6.45) is 3.27. The van der Waals surface area contributed by atoms with Crippen molar-refractivity contribution in [1.29, 1.82) is 0 Å². The molecular weight excluding hydrogens is 224 g/mol. The number of hydrogen-bond donors (Lipinski definition) is 1. The molecule has 0 spiro atoms. The Morgan fingerprint density at radius 1 is 1.50 bits per heavy atom. The molecule has 3 heteroatoms. The molecule has 96 valence electrons. The molecule has 1 saturated heterocycles. The molecule has 0 bridgehead atoms. The fourth-order valence-corrected chi connectivity index (χ4v) is 2.47. The summed E-state index contributed by atoms with van der Waals surface area (Å²) in [5.41, 5.74) is 7.14. The lowest BCUT2D eigenvalue weighted by molar-refractivity contribution is -0.131. The third kappa shape index (κ3) is 2.79. The highest BCUT2D eigenvalue weighted by Crippen LogP contribution is 2.27. The number of nitrogens with two attached hydrogens (primary N) is 1. The summed E-state index contributed by atoms with van der Waals surface area (Å²) in [7, 11) is 0. The summed E-state index contributed by atoms with van der Waals surface area (Å²) in [6.45, 7) is 5.22. The zero-order valence-electron chi connectivity index (χ0n) is 10.6. The summed E-state index contributed by atoms with van der Waals surface area (Å²) in [4.78, 5) is 13.9. The Hall–Kier alpha value is -1.61. The summed E-state index contributed by atoms with van der Waals surface area (Å²) in [5.74, 6) is 0.499. The number of nitrogens with zero attached hydrogens (tertiary/aromatic N) is 1. The maximum absolute atomic E-state index is 12.1. The van der Waals surface area contributed by atoms with E-state index < -0.39 is 6.04 Å². The summed E-state index contributed by atoms with van der Waals surface area (Å²) in [6, 6.07) is 9.93. The first-order chi connectivity index (χ1) is 8.72. The van der Waals surface area contributed by atoms with Crippen LogP contribution in [0.3, 0.4) is 0 Å². The Kier molecular flexibility index (Phi) is 4.15. The van der Waals surface area contributed by atoms with E-state index >= 15 is 0 Å². The molecule has 1 aromatic carbocycles. The average Bonchev–Trinajstić information content (AvgIpc) is 2.89. The SMILES string of the molecule is C=CCC(N)C(=O)N1CCC(c2ccccc2)C1. The second-order valence-corrected chi connectivity index (χ2v) is 4.81. The van der Waals surface area contributed by atoms with Gasteiger partial charge in [0.2, 0.25) is 5.91 Å². The Bertz CT molecular complexity index is 416. The molecule has 2 N–H and O–H groups in total. The fourth-order valence-electron chi connectivity index (χ4n) is 2.47. The van der Waals surface area contributed by atoms with E-state index in [2.05, 4.69) is 18.7 Å². The normalized spacial score (nSPS) is 20.7. The first kappa shape index (κ1) is 12.8. The molecule has 0 saturated carbocycles. The number of likely N-dealkylation sites (tertiary alicyclic amines) is 1. The van der Waals surface area contributed by atoms with E-state index in [-0.39, 0.29) is 5.91 Å². The van der Waals surface area contributed by atoms with Gasteiger partial charge >= 0.3 is 0 Å². The standard InChI is InChI=1S/C15H20N2O/c1-2-6-14(16)15(18)17-10-9-13(11-17)12-7-4-3-5-8-12/h2-5,7-8,13-14H,1,6,9-11,16H2. The number of rotatable bonds is 4. The van der Waals surface area contributed by atoms with Crippen LogP contribution in [0.1, 0.15) is 24.3 Å². The number of hydrogen-bond acceptors (Lipinski definition) is 2. The van der Waals surface area contributed by atoms with Crippen molar-refractivity contribution in [2.45, 2.75) is 24.8 Å². The first-order valence-electron chi connectivity index (χ1n) is 6.42. The lowest BCUT2D eigenvalue weighted by Crippen LogP contribution is -2.42. The van der Waals surface area contributed by atoms with Crippen LogP contribution < -0.4 is 5.73 Å².